The number of pyridine rings is 1. The number of hydrogen-bond donors (Lipinski definition) is 2. The average Bonchev–Trinajstić information content (AvgIpc) is 2.84. The maximum atomic E-state index is 14.9. The first kappa shape index (κ1) is 22.2. The fourth-order valence-electron chi connectivity index (χ4n) is 5.17. The minimum Gasteiger partial charge on any atom is -0.383 e. The molecule has 2 aromatic carbocycles. The first-order chi connectivity index (χ1) is 17.1. The smallest absolute Gasteiger partial charge is 0.251 e. The van der Waals surface area contributed by atoms with Crippen molar-refractivity contribution in [3.05, 3.63) is 71.2 Å². The first-order valence-electron chi connectivity index (χ1n) is 12.0. The number of fused-ring (bicyclic) bond motifs is 1. The van der Waals surface area contributed by atoms with Gasteiger partial charge in [0, 0.05) is 29.8 Å². The summed E-state index contributed by atoms with van der Waals surface area (Å²) in [5.74, 6) is -0.554. The summed E-state index contributed by atoms with van der Waals surface area (Å²) < 4.78 is 26.1. The zero-order chi connectivity index (χ0) is 23.9. The highest BCUT2D eigenvalue weighted by atomic mass is 19.1. The fraction of sp³-hybridized carbons (Fsp3) is 0.333. The van der Waals surface area contributed by atoms with Crippen molar-refractivity contribution in [2.24, 2.45) is 0 Å². The number of nitrogens with one attached hydrogen (secondary N) is 1. The van der Waals surface area contributed by atoms with E-state index >= 15 is 0 Å². The van der Waals surface area contributed by atoms with Crippen LogP contribution in [0.2, 0.25) is 0 Å². The lowest BCUT2D eigenvalue weighted by molar-refractivity contribution is -0.118. The minimum atomic E-state index is -0.606. The van der Waals surface area contributed by atoms with Crippen LogP contribution in [0, 0.1) is 5.95 Å². The summed E-state index contributed by atoms with van der Waals surface area (Å²) >= 11 is 0. The largest absolute Gasteiger partial charge is 0.383 e. The molecule has 1 aromatic heterocycles. The number of morpholine rings is 1. The number of nitrogen functional groups attached to an aromatic ring is 1. The number of hydrogen-bond acceptors (Lipinski definition) is 6. The number of halogens is 1. The first-order valence-corrected chi connectivity index (χ1v) is 12.0. The molecule has 0 spiro atoms. The maximum absolute atomic E-state index is 14.9. The second-order valence-electron chi connectivity index (χ2n) is 9.28. The molecule has 1 atom stereocenters. The maximum Gasteiger partial charge on any atom is 0.251 e. The quantitative estimate of drug-likeness (QED) is 0.565. The molecule has 0 bridgehead atoms. The molecule has 35 heavy (non-hydrogen) atoms. The highest BCUT2D eigenvalue weighted by Gasteiger charge is 2.34. The van der Waals surface area contributed by atoms with Gasteiger partial charge in [0.05, 0.1) is 38.5 Å². The molecule has 2 fully saturated rings. The number of rotatable bonds is 4. The minimum absolute atomic E-state index is 0.0736. The second-order valence-corrected chi connectivity index (χ2v) is 9.28. The van der Waals surface area contributed by atoms with E-state index < -0.39 is 5.95 Å². The lowest BCUT2D eigenvalue weighted by atomic mass is 9.93. The Morgan fingerprint density at radius 3 is 2.54 bits per heavy atom. The van der Waals surface area contributed by atoms with Gasteiger partial charge in [-0.1, -0.05) is 36.4 Å². The predicted molar refractivity (Wildman–Crippen MR) is 130 cm³/mol. The molecule has 8 heteroatoms. The van der Waals surface area contributed by atoms with Gasteiger partial charge in [-0.05, 0) is 40.8 Å². The molecule has 3 aliphatic heterocycles. The predicted octanol–water partition coefficient (Wildman–Crippen LogP) is 3.19. The number of nitrogens with two attached hydrogens (primary N) is 1. The van der Waals surface area contributed by atoms with Crippen LogP contribution in [0.25, 0.3) is 22.3 Å². The van der Waals surface area contributed by atoms with Gasteiger partial charge in [0.2, 0.25) is 5.95 Å². The second kappa shape index (κ2) is 9.03. The van der Waals surface area contributed by atoms with Crippen molar-refractivity contribution in [1.82, 2.24) is 15.2 Å². The average molecular weight is 475 g/mol. The van der Waals surface area contributed by atoms with E-state index in [0.717, 1.165) is 55.0 Å². The third-order valence-electron chi connectivity index (χ3n) is 7.21. The van der Waals surface area contributed by atoms with E-state index in [1.54, 1.807) is 12.1 Å². The monoisotopic (exact) mass is 474 g/mol. The number of carbonyl (C=O) groups excluding carboxylic acids is 1. The van der Waals surface area contributed by atoms with Crippen LogP contribution in [0.1, 0.15) is 27.5 Å². The topological polar surface area (TPSA) is 89.7 Å². The Labute approximate surface area is 203 Å². The SMILES string of the molecule is Nc1nc(F)c(-c2ccc(C3COCCN3C3COC3)cc2)cc1-c1ccc2c(c1)CCNC2=O. The Balaban J connectivity index is 1.31. The Morgan fingerprint density at radius 1 is 0.971 bits per heavy atom. The normalized spacial score (nSPS) is 20.7. The van der Waals surface area contributed by atoms with E-state index in [9.17, 15) is 9.18 Å². The van der Waals surface area contributed by atoms with Gasteiger partial charge in [-0.25, -0.2) is 4.98 Å². The number of ether oxygens (including phenoxy) is 2. The van der Waals surface area contributed by atoms with Crippen molar-refractivity contribution in [3.8, 4) is 22.3 Å². The van der Waals surface area contributed by atoms with Crippen molar-refractivity contribution in [2.45, 2.75) is 18.5 Å². The van der Waals surface area contributed by atoms with Crippen molar-refractivity contribution in [3.63, 3.8) is 0 Å². The van der Waals surface area contributed by atoms with Crippen LogP contribution in [0.3, 0.4) is 0 Å². The Morgan fingerprint density at radius 2 is 1.77 bits per heavy atom. The summed E-state index contributed by atoms with van der Waals surface area (Å²) in [4.78, 5) is 18.5. The Bertz CT molecular complexity index is 1280. The van der Waals surface area contributed by atoms with E-state index in [2.05, 4.69) is 15.2 Å². The third kappa shape index (κ3) is 4.07. The van der Waals surface area contributed by atoms with Crippen LogP contribution in [-0.2, 0) is 15.9 Å². The molecule has 1 amide bonds. The molecule has 1 unspecified atom stereocenters. The summed E-state index contributed by atoms with van der Waals surface area (Å²) in [5.41, 5.74) is 11.5. The lowest BCUT2D eigenvalue weighted by Gasteiger charge is -2.44. The molecule has 6 rings (SSSR count). The van der Waals surface area contributed by atoms with Gasteiger partial charge in [-0.15, -0.1) is 0 Å². The van der Waals surface area contributed by atoms with Crippen molar-refractivity contribution in [2.75, 3.05) is 45.3 Å². The van der Waals surface area contributed by atoms with Gasteiger partial charge in [-0.3, -0.25) is 9.69 Å². The van der Waals surface area contributed by atoms with Crippen LogP contribution in [0.4, 0.5) is 10.2 Å². The highest BCUT2D eigenvalue weighted by Crippen LogP contribution is 2.35. The van der Waals surface area contributed by atoms with E-state index in [4.69, 9.17) is 15.2 Å². The fourth-order valence-corrected chi connectivity index (χ4v) is 5.17. The number of carbonyl (C=O) groups is 1. The molecule has 3 aromatic rings. The van der Waals surface area contributed by atoms with E-state index in [1.165, 1.54) is 0 Å². The van der Waals surface area contributed by atoms with Crippen LogP contribution in [0.15, 0.2) is 48.5 Å². The van der Waals surface area contributed by atoms with Crippen LogP contribution in [-0.4, -0.2) is 61.3 Å². The van der Waals surface area contributed by atoms with Crippen molar-refractivity contribution < 1.29 is 18.7 Å². The van der Waals surface area contributed by atoms with E-state index in [0.29, 0.717) is 35.9 Å². The van der Waals surface area contributed by atoms with Gasteiger partial charge in [0.25, 0.3) is 5.91 Å². The number of anilines is 1. The summed E-state index contributed by atoms with van der Waals surface area (Å²) in [6.45, 7) is 4.35. The molecule has 2 saturated heterocycles. The molecule has 0 aliphatic carbocycles. The van der Waals surface area contributed by atoms with Crippen LogP contribution >= 0.6 is 0 Å². The summed E-state index contributed by atoms with van der Waals surface area (Å²) in [6.07, 6.45) is 0.743. The highest BCUT2D eigenvalue weighted by molar-refractivity contribution is 5.97. The molecule has 180 valence electrons. The molecule has 3 N–H and O–H groups in total. The zero-order valence-corrected chi connectivity index (χ0v) is 19.3. The van der Waals surface area contributed by atoms with Crippen LogP contribution in [0.5, 0.6) is 0 Å². The molecule has 0 saturated carbocycles. The summed E-state index contributed by atoms with van der Waals surface area (Å²) in [5, 5.41) is 2.85. The van der Waals surface area contributed by atoms with Gasteiger partial charge >= 0.3 is 0 Å². The molecule has 4 heterocycles. The molecule has 3 aliphatic rings. The van der Waals surface area contributed by atoms with Crippen LogP contribution < -0.4 is 11.1 Å². The lowest BCUT2D eigenvalue weighted by Crippen LogP contribution is -2.54. The molecule has 7 nitrogen and oxygen atoms in total. The number of aromatic nitrogens is 1. The zero-order valence-electron chi connectivity index (χ0n) is 19.3. The Kier molecular flexibility index (Phi) is 5.72. The standard InChI is InChI=1S/C27H27FN4O3/c28-25-22(12-23(26(29)31-25)18-5-6-21-19(11-18)7-8-30-27(21)33)16-1-3-17(4-2-16)24-15-34-10-9-32(24)20-13-35-14-20/h1-6,11-12,20,24H,7-10,13-15H2,(H2,29,31)(H,30,33). The number of amides is 1. The van der Waals surface area contributed by atoms with Gasteiger partial charge < -0.3 is 20.5 Å². The van der Waals surface area contributed by atoms with Crippen molar-refractivity contribution >= 4 is 11.7 Å². The van der Waals surface area contributed by atoms with Gasteiger partial charge in [0.1, 0.15) is 5.82 Å². The van der Waals surface area contributed by atoms with Gasteiger partial charge in [0.15, 0.2) is 0 Å². The molecule has 0 radical (unpaired) electrons. The molecular formula is C27H27FN4O3. The third-order valence-corrected chi connectivity index (χ3v) is 7.21. The summed E-state index contributed by atoms with van der Waals surface area (Å²) in [7, 11) is 0. The van der Waals surface area contributed by atoms with Gasteiger partial charge in [-0.2, -0.15) is 4.39 Å². The Hall–Kier alpha value is -3.33. The van der Waals surface area contributed by atoms with Crippen molar-refractivity contribution in [1.29, 1.82) is 0 Å². The van der Waals surface area contributed by atoms with E-state index in [1.807, 2.05) is 36.4 Å². The summed E-state index contributed by atoms with van der Waals surface area (Å²) in [6, 6.07) is 15.8. The molecular weight excluding hydrogens is 447 g/mol. The number of benzene rings is 2. The number of nitrogens with zero attached hydrogens (tertiary/aromatic N) is 2. The van der Waals surface area contributed by atoms with E-state index in [-0.39, 0.29) is 17.8 Å².